The van der Waals surface area contributed by atoms with Gasteiger partial charge in [0.25, 0.3) is 0 Å². The number of fused-ring (bicyclic) bond motifs is 1. The number of piperazine rings is 1. The molecule has 2 N–H and O–H groups in total. The topological polar surface area (TPSA) is 68.3 Å². The second-order valence-electron chi connectivity index (χ2n) is 8.37. The molecule has 166 valence electrons. The van der Waals surface area contributed by atoms with Gasteiger partial charge in [0, 0.05) is 37.4 Å². The van der Waals surface area contributed by atoms with E-state index in [1.54, 1.807) is 26.1 Å². The van der Waals surface area contributed by atoms with Crippen molar-refractivity contribution in [2.45, 2.75) is 38.6 Å². The molecule has 1 fully saturated rings. The number of benzene rings is 1. The van der Waals surface area contributed by atoms with Crippen LogP contribution in [0.1, 0.15) is 31.9 Å². The molecule has 0 radical (unpaired) electrons. The van der Waals surface area contributed by atoms with Gasteiger partial charge in [-0.05, 0) is 45.0 Å². The normalized spacial score (nSPS) is 18.1. The van der Waals surface area contributed by atoms with Crippen LogP contribution in [0, 0.1) is 0 Å². The number of anilines is 2. The maximum absolute atomic E-state index is 13.0. The fourth-order valence-corrected chi connectivity index (χ4v) is 4.06. The first-order valence-electron chi connectivity index (χ1n) is 9.90. The summed E-state index contributed by atoms with van der Waals surface area (Å²) in [6.07, 6.45) is -2.78. The molecule has 3 aromatic rings. The van der Waals surface area contributed by atoms with Crippen molar-refractivity contribution in [1.82, 2.24) is 15.0 Å². The molecule has 31 heavy (non-hydrogen) atoms. The maximum Gasteiger partial charge on any atom is 0.416 e. The van der Waals surface area contributed by atoms with E-state index in [2.05, 4.69) is 19.9 Å². The molecule has 1 saturated heterocycles. The van der Waals surface area contributed by atoms with Gasteiger partial charge in [0.1, 0.15) is 5.82 Å². The highest BCUT2D eigenvalue weighted by molar-refractivity contribution is 6.33. The van der Waals surface area contributed by atoms with Crippen LogP contribution in [0.3, 0.4) is 0 Å². The van der Waals surface area contributed by atoms with Crippen molar-refractivity contribution >= 4 is 34.4 Å². The summed E-state index contributed by atoms with van der Waals surface area (Å²) in [6.45, 7) is 7.18. The number of aliphatic hydroxyl groups is 1. The monoisotopic (exact) mass is 453 g/mol. The number of aromatic amines is 1. The zero-order valence-corrected chi connectivity index (χ0v) is 18.1. The maximum atomic E-state index is 13.0. The SMILES string of the molecule is C[C@@H]1CN(c2ncc(C(C)(C)O)cc2Cl)CCN1c1nc2ccc(C(F)(F)F)cc2[nH]1. The van der Waals surface area contributed by atoms with E-state index < -0.39 is 17.3 Å². The first-order valence-corrected chi connectivity index (χ1v) is 10.3. The molecule has 1 aliphatic heterocycles. The molecule has 1 atom stereocenters. The van der Waals surface area contributed by atoms with Crippen LogP contribution in [0.2, 0.25) is 5.02 Å². The third-order valence-electron chi connectivity index (χ3n) is 5.52. The smallest absolute Gasteiger partial charge is 0.386 e. The van der Waals surface area contributed by atoms with E-state index in [9.17, 15) is 18.3 Å². The van der Waals surface area contributed by atoms with Crippen LogP contribution in [0.25, 0.3) is 11.0 Å². The average molecular weight is 454 g/mol. The Morgan fingerprint density at radius 2 is 1.90 bits per heavy atom. The van der Waals surface area contributed by atoms with Gasteiger partial charge in [-0.3, -0.25) is 0 Å². The van der Waals surface area contributed by atoms with Crippen LogP contribution in [0.4, 0.5) is 24.9 Å². The Morgan fingerprint density at radius 3 is 2.52 bits per heavy atom. The van der Waals surface area contributed by atoms with Crippen molar-refractivity contribution in [3.63, 3.8) is 0 Å². The number of nitrogens with one attached hydrogen (secondary N) is 1. The summed E-state index contributed by atoms with van der Waals surface area (Å²) in [5.74, 6) is 1.18. The van der Waals surface area contributed by atoms with Crippen LogP contribution in [-0.4, -0.2) is 45.7 Å². The van der Waals surface area contributed by atoms with E-state index >= 15 is 0 Å². The van der Waals surface area contributed by atoms with Gasteiger partial charge in [-0.15, -0.1) is 0 Å². The summed E-state index contributed by atoms with van der Waals surface area (Å²) < 4.78 is 39.0. The van der Waals surface area contributed by atoms with Crippen LogP contribution in [0.5, 0.6) is 0 Å². The summed E-state index contributed by atoms with van der Waals surface area (Å²) in [4.78, 5) is 16.0. The average Bonchev–Trinajstić information content (AvgIpc) is 3.09. The predicted octanol–water partition coefficient (Wildman–Crippen LogP) is 4.57. The zero-order chi connectivity index (χ0) is 22.6. The molecule has 1 aromatic carbocycles. The van der Waals surface area contributed by atoms with E-state index in [-0.39, 0.29) is 6.04 Å². The molecule has 0 bridgehead atoms. The lowest BCUT2D eigenvalue weighted by Gasteiger charge is -2.40. The Morgan fingerprint density at radius 1 is 1.16 bits per heavy atom. The Labute approximate surface area is 182 Å². The molecule has 1 aliphatic rings. The number of aromatic nitrogens is 3. The van der Waals surface area contributed by atoms with Gasteiger partial charge in [0.05, 0.1) is 27.2 Å². The number of halogens is 4. The molecule has 6 nitrogen and oxygen atoms in total. The summed E-state index contributed by atoms with van der Waals surface area (Å²) in [6, 6.07) is 5.24. The summed E-state index contributed by atoms with van der Waals surface area (Å²) in [5, 5.41) is 10.6. The van der Waals surface area contributed by atoms with Gasteiger partial charge in [-0.2, -0.15) is 13.2 Å². The quantitative estimate of drug-likeness (QED) is 0.608. The van der Waals surface area contributed by atoms with Crippen molar-refractivity contribution in [2.24, 2.45) is 0 Å². The molecule has 2 aromatic heterocycles. The van der Waals surface area contributed by atoms with Gasteiger partial charge in [0.2, 0.25) is 5.95 Å². The largest absolute Gasteiger partial charge is 0.416 e. The summed E-state index contributed by atoms with van der Waals surface area (Å²) in [7, 11) is 0. The summed E-state index contributed by atoms with van der Waals surface area (Å²) in [5.41, 5.74) is -0.262. The fraction of sp³-hybridized carbons (Fsp3) is 0.429. The lowest BCUT2D eigenvalue weighted by Crippen LogP contribution is -2.52. The molecule has 0 spiro atoms. The minimum absolute atomic E-state index is 0.0169. The molecule has 0 saturated carbocycles. The number of hydrogen-bond donors (Lipinski definition) is 2. The van der Waals surface area contributed by atoms with Gasteiger partial charge in [-0.25, -0.2) is 9.97 Å². The van der Waals surface area contributed by atoms with E-state index in [1.165, 1.54) is 6.07 Å². The number of imidazole rings is 1. The number of rotatable bonds is 3. The molecule has 10 heteroatoms. The first-order chi connectivity index (χ1) is 14.4. The van der Waals surface area contributed by atoms with Crippen molar-refractivity contribution in [3.05, 3.63) is 46.6 Å². The number of hydrogen-bond acceptors (Lipinski definition) is 5. The molecule has 4 rings (SSSR count). The van der Waals surface area contributed by atoms with Crippen LogP contribution >= 0.6 is 11.6 Å². The Kier molecular flexibility index (Phi) is 5.29. The van der Waals surface area contributed by atoms with E-state index in [0.29, 0.717) is 53.0 Å². The molecule has 0 unspecified atom stereocenters. The molecular formula is C21H23ClF3N5O. The van der Waals surface area contributed by atoms with Gasteiger partial charge >= 0.3 is 6.18 Å². The highest BCUT2D eigenvalue weighted by atomic mass is 35.5. The second kappa shape index (κ2) is 7.56. The predicted molar refractivity (Wildman–Crippen MR) is 115 cm³/mol. The van der Waals surface area contributed by atoms with Crippen LogP contribution in [-0.2, 0) is 11.8 Å². The van der Waals surface area contributed by atoms with Crippen molar-refractivity contribution in [2.75, 3.05) is 29.4 Å². The molecule has 0 amide bonds. The lowest BCUT2D eigenvalue weighted by molar-refractivity contribution is -0.137. The third-order valence-corrected chi connectivity index (χ3v) is 5.80. The van der Waals surface area contributed by atoms with E-state index in [4.69, 9.17) is 11.6 Å². The summed E-state index contributed by atoms with van der Waals surface area (Å²) >= 11 is 6.44. The Balaban J connectivity index is 1.53. The Hall–Kier alpha value is -2.52. The zero-order valence-electron chi connectivity index (χ0n) is 17.3. The standard InChI is InChI=1S/C21H23ClF3N5O/c1-12-11-29(18-15(22)8-14(10-26-18)20(2,3)31)6-7-30(12)19-27-16-5-4-13(21(23,24)25)9-17(16)28-19/h4-5,8-10,12,31H,6-7,11H2,1-3H3,(H,27,28)/t12-/m1/s1. The van der Waals surface area contributed by atoms with Crippen molar-refractivity contribution in [3.8, 4) is 0 Å². The minimum Gasteiger partial charge on any atom is -0.386 e. The van der Waals surface area contributed by atoms with Crippen LogP contribution < -0.4 is 9.80 Å². The van der Waals surface area contributed by atoms with Gasteiger partial charge < -0.3 is 19.9 Å². The number of alkyl halides is 3. The number of pyridine rings is 1. The lowest BCUT2D eigenvalue weighted by atomic mass is 10.0. The molecule has 3 heterocycles. The molecule has 0 aliphatic carbocycles. The van der Waals surface area contributed by atoms with Gasteiger partial charge in [-0.1, -0.05) is 11.6 Å². The van der Waals surface area contributed by atoms with E-state index in [1.807, 2.05) is 11.8 Å². The number of nitrogens with zero attached hydrogens (tertiary/aromatic N) is 4. The second-order valence-corrected chi connectivity index (χ2v) is 8.77. The molecular weight excluding hydrogens is 431 g/mol. The third kappa shape index (κ3) is 4.29. The van der Waals surface area contributed by atoms with E-state index in [0.717, 1.165) is 12.1 Å². The van der Waals surface area contributed by atoms with Crippen molar-refractivity contribution in [1.29, 1.82) is 0 Å². The highest BCUT2D eigenvalue weighted by Crippen LogP contribution is 2.33. The number of H-pyrrole nitrogens is 1. The first kappa shape index (κ1) is 21.7. The Bertz CT molecular complexity index is 1110. The van der Waals surface area contributed by atoms with Crippen LogP contribution in [0.15, 0.2) is 30.5 Å². The minimum atomic E-state index is -4.40. The van der Waals surface area contributed by atoms with Gasteiger partial charge in [0.15, 0.2) is 0 Å². The highest BCUT2D eigenvalue weighted by Gasteiger charge is 2.32. The van der Waals surface area contributed by atoms with Crippen molar-refractivity contribution < 1.29 is 18.3 Å². The fourth-order valence-electron chi connectivity index (χ4n) is 3.77.